The van der Waals surface area contributed by atoms with E-state index in [1.165, 1.54) is 0 Å². The summed E-state index contributed by atoms with van der Waals surface area (Å²) in [5.74, 6) is -0.0506. The minimum Gasteiger partial charge on any atom is -0.490 e. The van der Waals surface area contributed by atoms with Gasteiger partial charge in [0.25, 0.3) is 11.8 Å². The number of aryl methyl sites for hydroxylation is 1. The van der Waals surface area contributed by atoms with Gasteiger partial charge in [0.05, 0.1) is 26.6 Å². The van der Waals surface area contributed by atoms with Gasteiger partial charge in [-0.3, -0.25) is 15.0 Å². The molecule has 0 aliphatic carbocycles. The van der Waals surface area contributed by atoms with E-state index < -0.39 is 11.8 Å². The fourth-order valence-corrected chi connectivity index (χ4v) is 6.08. The highest BCUT2D eigenvalue weighted by Gasteiger charge is 2.34. The SMILES string of the molecule is CCOc1cc(/C=C2\SC(=S)N(NC(=O)c3ccc(C)cc3Cl)C2=O)cc(Br)c1OCc1ccc(Cl)cc1Cl. The van der Waals surface area contributed by atoms with Gasteiger partial charge in [-0.2, -0.15) is 5.01 Å². The molecule has 39 heavy (non-hydrogen) atoms. The van der Waals surface area contributed by atoms with E-state index in [-0.39, 0.29) is 21.5 Å². The van der Waals surface area contributed by atoms with Gasteiger partial charge in [-0.15, -0.1) is 0 Å². The van der Waals surface area contributed by atoms with E-state index in [0.717, 1.165) is 27.9 Å². The summed E-state index contributed by atoms with van der Waals surface area (Å²) in [5.41, 5.74) is 5.12. The van der Waals surface area contributed by atoms with Crippen molar-refractivity contribution >= 4 is 96.9 Å². The number of thiocarbonyl (C=S) groups is 1. The van der Waals surface area contributed by atoms with Crippen molar-refractivity contribution in [1.82, 2.24) is 10.4 Å². The molecule has 0 saturated carbocycles. The largest absolute Gasteiger partial charge is 0.490 e. The third-order valence-corrected chi connectivity index (χ3v) is 8.18. The maximum absolute atomic E-state index is 13.1. The van der Waals surface area contributed by atoms with Crippen LogP contribution in [0.25, 0.3) is 6.08 Å². The fourth-order valence-electron chi connectivity index (χ4n) is 3.54. The van der Waals surface area contributed by atoms with Gasteiger partial charge in [-0.25, -0.2) is 0 Å². The monoisotopic (exact) mass is 684 g/mol. The zero-order chi connectivity index (χ0) is 28.3. The molecule has 1 saturated heterocycles. The van der Waals surface area contributed by atoms with E-state index in [9.17, 15) is 9.59 Å². The number of carbonyl (C=O) groups excluding carboxylic acids is 2. The number of ether oxygens (including phenoxy) is 2. The van der Waals surface area contributed by atoms with Crippen LogP contribution in [0.15, 0.2) is 57.9 Å². The number of nitrogens with zero attached hydrogens (tertiary/aromatic N) is 1. The molecule has 0 unspecified atom stereocenters. The molecular formula is C27H20BrCl3N2O4S2. The second-order valence-corrected chi connectivity index (χ2v) is 12.0. The summed E-state index contributed by atoms with van der Waals surface area (Å²) in [6.07, 6.45) is 1.66. The number of nitrogens with one attached hydrogen (secondary N) is 1. The highest BCUT2D eigenvalue weighted by Crippen LogP contribution is 2.40. The maximum atomic E-state index is 13.1. The van der Waals surface area contributed by atoms with Crippen LogP contribution in [-0.4, -0.2) is 27.8 Å². The average molecular weight is 687 g/mol. The highest BCUT2D eigenvalue weighted by atomic mass is 79.9. The van der Waals surface area contributed by atoms with Crippen LogP contribution in [-0.2, 0) is 11.4 Å². The number of rotatable bonds is 8. The number of carbonyl (C=O) groups is 2. The minimum absolute atomic E-state index is 0.187. The summed E-state index contributed by atoms with van der Waals surface area (Å²) in [4.78, 5) is 26.2. The first-order chi connectivity index (χ1) is 18.6. The molecule has 2 amide bonds. The lowest BCUT2D eigenvalue weighted by molar-refractivity contribution is -0.123. The van der Waals surface area contributed by atoms with Gasteiger partial charge in [-0.05, 0) is 95.6 Å². The number of hydrogen-bond donors (Lipinski definition) is 1. The first kappa shape index (κ1) is 29.7. The van der Waals surface area contributed by atoms with E-state index in [4.69, 9.17) is 56.5 Å². The van der Waals surface area contributed by atoms with E-state index in [2.05, 4.69) is 21.4 Å². The van der Waals surface area contributed by atoms with Gasteiger partial charge in [0.15, 0.2) is 15.8 Å². The van der Waals surface area contributed by atoms with Crippen LogP contribution in [0.5, 0.6) is 11.5 Å². The van der Waals surface area contributed by atoms with Crippen molar-refractivity contribution in [3.8, 4) is 11.5 Å². The lowest BCUT2D eigenvalue weighted by Crippen LogP contribution is -2.44. The summed E-state index contributed by atoms with van der Waals surface area (Å²) in [7, 11) is 0. The predicted octanol–water partition coefficient (Wildman–Crippen LogP) is 8.24. The molecule has 0 atom stereocenters. The maximum Gasteiger partial charge on any atom is 0.285 e. The summed E-state index contributed by atoms with van der Waals surface area (Å²) in [6, 6.07) is 13.8. The molecule has 0 bridgehead atoms. The summed E-state index contributed by atoms with van der Waals surface area (Å²) in [5, 5.41) is 2.35. The third-order valence-electron chi connectivity index (χ3n) is 5.39. The Morgan fingerprint density at radius 2 is 1.87 bits per heavy atom. The molecule has 1 N–H and O–H groups in total. The van der Waals surface area contributed by atoms with Crippen molar-refractivity contribution < 1.29 is 19.1 Å². The zero-order valence-corrected chi connectivity index (χ0v) is 26.0. The number of halogens is 4. The third kappa shape index (κ3) is 7.09. The van der Waals surface area contributed by atoms with Crippen molar-refractivity contribution in [3.63, 3.8) is 0 Å². The Bertz CT molecular complexity index is 1520. The topological polar surface area (TPSA) is 67.9 Å². The first-order valence-electron chi connectivity index (χ1n) is 11.5. The van der Waals surface area contributed by atoms with E-state index >= 15 is 0 Å². The minimum atomic E-state index is -0.541. The Hall–Kier alpha value is -2.27. The van der Waals surface area contributed by atoms with Crippen LogP contribution in [0.2, 0.25) is 15.1 Å². The average Bonchev–Trinajstić information content (AvgIpc) is 3.12. The lowest BCUT2D eigenvalue weighted by atomic mass is 10.1. The number of hydrazine groups is 1. The van der Waals surface area contributed by atoms with Crippen molar-refractivity contribution in [1.29, 1.82) is 0 Å². The van der Waals surface area contributed by atoms with Crippen LogP contribution < -0.4 is 14.9 Å². The molecule has 1 heterocycles. The zero-order valence-electron chi connectivity index (χ0n) is 20.5. The van der Waals surface area contributed by atoms with Gasteiger partial charge >= 0.3 is 0 Å². The van der Waals surface area contributed by atoms with Gasteiger partial charge in [0.2, 0.25) is 0 Å². The quantitative estimate of drug-likeness (QED) is 0.190. The number of hydrogen-bond acceptors (Lipinski definition) is 6. The molecule has 0 spiro atoms. The predicted molar refractivity (Wildman–Crippen MR) is 165 cm³/mol. The van der Waals surface area contributed by atoms with Crippen molar-refractivity contribution in [2.24, 2.45) is 0 Å². The molecular weight excluding hydrogens is 667 g/mol. The van der Waals surface area contributed by atoms with Gasteiger partial charge in [-0.1, -0.05) is 58.7 Å². The Morgan fingerprint density at radius 3 is 2.56 bits per heavy atom. The van der Waals surface area contributed by atoms with E-state index in [1.807, 2.05) is 13.8 Å². The van der Waals surface area contributed by atoms with Crippen LogP contribution in [0, 0.1) is 6.92 Å². The molecule has 3 aromatic rings. The summed E-state index contributed by atoms with van der Waals surface area (Å²) in [6.45, 7) is 4.30. The van der Waals surface area contributed by atoms with Crippen molar-refractivity contribution in [3.05, 3.63) is 95.2 Å². The molecule has 0 aromatic heterocycles. The molecule has 1 aliphatic rings. The molecule has 4 rings (SSSR count). The second kappa shape index (κ2) is 12.9. The molecule has 202 valence electrons. The van der Waals surface area contributed by atoms with Crippen LogP contribution in [0.1, 0.15) is 34.0 Å². The Labute approximate surface area is 258 Å². The normalized spacial score (nSPS) is 14.2. The molecule has 0 radical (unpaired) electrons. The van der Waals surface area contributed by atoms with Gasteiger partial charge in [0, 0.05) is 15.6 Å². The molecule has 12 heteroatoms. The van der Waals surface area contributed by atoms with Crippen molar-refractivity contribution in [2.75, 3.05) is 6.61 Å². The Morgan fingerprint density at radius 1 is 1.10 bits per heavy atom. The summed E-state index contributed by atoms with van der Waals surface area (Å²) < 4.78 is 12.6. The van der Waals surface area contributed by atoms with Crippen LogP contribution in [0.4, 0.5) is 0 Å². The van der Waals surface area contributed by atoms with Crippen LogP contribution in [0.3, 0.4) is 0 Å². The fraction of sp³-hybridized carbons (Fsp3) is 0.148. The van der Waals surface area contributed by atoms with Gasteiger partial charge < -0.3 is 9.47 Å². The lowest BCUT2D eigenvalue weighted by Gasteiger charge is -2.16. The van der Waals surface area contributed by atoms with Crippen LogP contribution >= 0.6 is 74.7 Å². The molecule has 3 aromatic carbocycles. The smallest absolute Gasteiger partial charge is 0.285 e. The summed E-state index contributed by atoms with van der Waals surface area (Å²) >= 11 is 28.4. The van der Waals surface area contributed by atoms with E-state index in [1.54, 1.807) is 54.6 Å². The van der Waals surface area contributed by atoms with Gasteiger partial charge in [0.1, 0.15) is 6.61 Å². The first-order valence-corrected chi connectivity index (χ1v) is 14.6. The molecule has 1 aliphatic heterocycles. The van der Waals surface area contributed by atoms with Crippen molar-refractivity contribution in [2.45, 2.75) is 20.5 Å². The number of amides is 2. The van der Waals surface area contributed by atoms with E-state index in [0.29, 0.717) is 43.1 Å². The number of benzene rings is 3. The standard InChI is InChI=1S/C27H20BrCl3N2O4S2/c1-3-36-22-10-15(9-19(28)24(22)37-13-16-5-6-17(29)12-20(16)30)11-23-26(35)33(27(38)39-23)32-25(34)18-7-4-14(2)8-21(18)31/h4-12H,3,13H2,1-2H3,(H,32,34)/b23-11-. The second-order valence-electron chi connectivity index (χ2n) is 8.23. The number of thioether (sulfide) groups is 1. The highest BCUT2D eigenvalue weighted by molar-refractivity contribution is 9.10. The molecule has 1 fully saturated rings. The molecule has 6 nitrogen and oxygen atoms in total. The Balaban J connectivity index is 1.54. The Kier molecular flexibility index (Phi) is 9.85.